The summed E-state index contributed by atoms with van der Waals surface area (Å²) in [6, 6.07) is 2.23. The molecule has 0 radical (unpaired) electrons. The fourth-order valence-corrected chi connectivity index (χ4v) is 1.41. The Morgan fingerprint density at radius 3 is 2.42 bits per heavy atom. The number of anilines is 1. The van der Waals surface area contributed by atoms with E-state index in [0.717, 1.165) is 18.2 Å². The minimum atomic E-state index is -1.25. The molecule has 104 valence electrons. The van der Waals surface area contributed by atoms with E-state index in [1.165, 1.54) is 0 Å². The van der Waals surface area contributed by atoms with Gasteiger partial charge in [0.15, 0.2) is 0 Å². The Morgan fingerprint density at radius 2 is 1.95 bits per heavy atom. The molecule has 1 aromatic carbocycles. The molecular weight excluding hydrogens is 251 g/mol. The van der Waals surface area contributed by atoms with Crippen LogP contribution in [0, 0.1) is 11.2 Å². The van der Waals surface area contributed by atoms with E-state index in [2.05, 4.69) is 5.32 Å². The summed E-state index contributed by atoms with van der Waals surface area (Å²) in [5, 5.41) is 11.3. The van der Waals surface area contributed by atoms with Gasteiger partial charge in [0.25, 0.3) is 0 Å². The number of nitrogens with one attached hydrogen (secondary N) is 1. The monoisotopic (exact) mass is 268 g/mol. The van der Waals surface area contributed by atoms with Gasteiger partial charge in [-0.15, -0.1) is 0 Å². The molecule has 1 aromatic rings. The molecule has 0 unspecified atom stereocenters. The van der Waals surface area contributed by atoms with Crippen LogP contribution >= 0.6 is 0 Å². The van der Waals surface area contributed by atoms with Crippen molar-refractivity contribution in [2.75, 3.05) is 5.32 Å². The summed E-state index contributed by atoms with van der Waals surface area (Å²) in [6.07, 6.45) is 0. The molecule has 19 heavy (non-hydrogen) atoms. The Labute approximate surface area is 110 Å². The van der Waals surface area contributed by atoms with Crippen molar-refractivity contribution in [2.24, 2.45) is 11.1 Å². The Balaban J connectivity index is 3.02. The Bertz CT molecular complexity index is 509. The van der Waals surface area contributed by atoms with Crippen LogP contribution < -0.4 is 11.1 Å². The van der Waals surface area contributed by atoms with Crippen LogP contribution in [0.2, 0.25) is 0 Å². The summed E-state index contributed by atoms with van der Waals surface area (Å²) >= 11 is 0. The lowest BCUT2D eigenvalue weighted by Gasteiger charge is -2.26. The molecule has 0 aliphatic rings. The molecule has 0 spiro atoms. The van der Waals surface area contributed by atoms with Crippen molar-refractivity contribution in [3.8, 4) is 0 Å². The van der Waals surface area contributed by atoms with E-state index in [4.69, 9.17) is 10.8 Å². The minimum absolute atomic E-state index is 0.0998. The maximum absolute atomic E-state index is 13.1. The topological polar surface area (TPSA) is 92.4 Å². The van der Waals surface area contributed by atoms with Gasteiger partial charge in [-0.25, -0.2) is 9.18 Å². The number of halogens is 1. The molecule has 1 amide bonds. The van der Waals surface area contributed by atoms with Gasteiger partial charge in [0.2, 0.25) is 5.91 Å². The zero-order valence-electron chi connectivity index (χ0n) is 11.0. The number of amides is 1. The van der Waals surface area contributed by atoms with E-state index in [-0.39, 0.29) is 11.3 Å². The predicted molar refractivity (Wildman–Crippen MR) is 69.4 cm³/mol. The molecule has 5 nitrogen and oxygen atoms in total. The third-order valence-corrected chi connectivity index (χ3v) is 2.69. The molecule has 0 heterocycles. The minimum Gasteiger partial charge on any atom is -0.478 e. The van der Waals surface area contributed by atoms with Crippen LogP contribution in [0.1, 0.15) is 31.1 Å². The highest BCUT2D eigenvalue weighted by molar-refractivity contribution is 6.02. The molecule has 0 saturated carbocycles. The first-order valence-electron chi connectivity index (χ1n) is 5.72. The first kappa shape index (κ1) is 15.1. The molecule has 1 rings (SSSR count). The molecule has 0 aliphatic heterocycles. The standard InChI is InChI=1S/C13H17FN2O3/c1-13(2,3)10(15)11(17)16-9-6-7(14)4-5-8(9)12(18)19/h4-6,10H,15H2,1-3H3,(H,16,17)(H,18,19)/t10-/m0/s1. The van der Waals surface area contributed by atoms with Crippen LogP contribution in [0.4, 0.5) is 10.1 Å². The highest BCUT2D eigenvalue weighted by Gasteiger charge is 2.28. The lowest BCUT2D eigenvalue weighted by Crippen LogP contribution is -2.45. The highest BCUT2D eigenvalue weighted by Crippen LogP contribution is 2.21. The van der Waals surface area contributed by atoms with Crippen LogP contribution in [0.3, 0.4) is 0 Å². The average molecular weight is 268 g/mol. The summed E-state index contributed by atoms with van der Waals surface area (Å²) in [5.41, 5.74) is 4.98. The second-order valence-corrected chi connectivity index (χ2v) is 5.33. The van der Waals surface area contributed by atoms with Crippen molar-refractivity contribution < 1.29 is 19.1 Å². The molecule has 6 heteroatoms. The molecule has 0 bridgehead atoms. The first-order valence-corrected chi connectivity index (χ1v) is 5.72. The van der Waals surface area contributed by atoms with Gasteiger partial charge in [0, 0.05) is 0 Å². The van der Waals surface area contributed by atoms with Gasteiger partial charge in [0.1, 0.15) is 5.82 Å². The molecular formula is C13H17FN2O3. The molecule has 0 fully saturated rings. The summed E-state index contributed by atoms with van der Waals surface area (Å²) in [7, 11) is 0. The van der Waals surface area contributed by atoms with E-state index >= 15 is 0 Å². The number of carbonyl (C=O) groups is 2. The summed E-state index contributed by atoms with van der Waals surface area (Å²) in [4.78, 5) is 22.9. The van der Waals surface area contributed by atoms with Crippen molar-refractivity contribution in [2.45, 2.75) is 26.8 Å². The van der Waals surface area contributed by atoms with E-state index in [1.54, 1.807) is 20.8 Å². The normalized spacial score (nSPS) is 12.9. The second-order valence-electron chi connectivity index (χ2n) is 5.33. The van der Waals surface area contributed by atoms with Crippen LogP contribution in [0.5, 0.6) is 0 Å². The molecule has 0 aliphatic carbocycles. The summed E-state index contributed by atoms with van der Waals surface area (Å²) in [6.45, 7) is 5.34. The van der Waals surface area contributed by atoms with Gasteiger partial charge < -0.3 is 16.2 Å². The van der Waals surface area contributed by atoms with E-state index in [0.29, 0.717) is 0 Å². The fraction of sp³-hybridized carbons (Fsp3) is 0.385. The van der Waals surface area contributed by atoms with Crippen molar-refractivity contribution in [3.63, 3.8) is 0 Å². The molecule has 0 aromatic heterocycles. The van der Waals surface area contributed by atoms with Gasteiger partial charge in [0.05, 0.1) is 17.3 Å². The number of carboxylic acid groups (broad SMARTS) is 1. The van der Waals surface area contributed by atoms with Crippen molar-refractivity contribution in [1.29, 1.82) is 0 Å². The van der Waals surface area contributed by atoms with Crippen LogP contribution in [0.15, 0.2) is 18.2 Å². The van der Waals surface area contributed by atoms with Crippen molar-refractivity contribution in [3.05, 3.63) is 29.6 Å². The lowest BCUT2D eigenvalue weighted by atomic mass is 9.87. The van der Waals surface area contributed by atoms with Gasteiger partial charge in [-0.1, -0.05) is 20.8 Å². The molecule has 0 saturated heterocycles. The largest absolute Gasteiger partial charge is 0.478 e. The zero-order chi connectivity index (χ0) is 14.8. The highest BCUT2D eigenvalue weighted by atomic mass is 19.1. The van der Waals surface area contributed by atoms with Crippen molar-refractivity contribution in [1.82, 2.24) is 0 Å². The summed E-state index contributed by atoms with van der Waals surface area (Å²) < 4.78 is 13.1. The number of benzene rings is 1. The van der Waals surface area contributed by atoms with Gasteiger partial charge in [-0.3, -0.25) is 4.79 Å². The Kier molecular flexibility index (Phi) is 4.26. The zero-order valence-corrected chi connectivity index (χ0v) is 11.0. The second kappa shape index (κ2) is 5.36. The number of nitrogens with two attached hydrogens (primary N) is 1. The van der Waals surface area contributed by atoms with E-state index < -0.39 is 29.2 Å². The Hall–Kier alpha value is -1.95. The molecule has 1 atom stereocenters. The number of carboxylic acids is 1. The third-order valence-electron chi connectivity index (χ3n) is 2.69. The maximum atomic E-state index is 13.1. The average Bonchev–Trinajstić information content (AvgIpc) is 2.26. The number of rotatable bonds is 3. The van der Waals surface area contributed by atoms with Crippen molar-refractivity contribution >= 4 is 17.6 Å². The van der Waals surface area contributed by atoms with Gasteiger partial charge in [-0.05, 0) is 23.6 Å². The quantitative estimate of drug-likeness (QED) is 0.779. The Morgan fingerprint density at radius 1 is 1.37 bits per heavy atom. The molecule has 4 N–H and O–H groups in total. The fourth-order valence-electron chi connectivity index (χ4n) is 1.41. The number of hydrogen-bond donors (Lipinski definition) is 3. The van der Waals surface area contributed by atoms with E-state index in [9.17, 15) is 14.0 Å². The van der Waals surface area contributed by atoms with Gasteiger partial charge >= 0.3 is 5.97 Å². The van der Waals surface area contributed by atoms with E-state index in [1.807, 2.05) is 0 Å². The van der Waals surface area contributed by atoms with Crippen LogP contribution in [-0.2, 0) is 4.79 Å². The van der Waals surface area contributed by atoms with Crippen LogP contribution in [-0.4, -0.2) is 23.0 Å². The summed E-state index contributed by atoms with van der Waals surface area (Å²) in [5.74, 6) is -2.44. The number of aromatic carboxylic acids is 1. The third kappa shape index (κ3) is 3.75. The number of hydrogen-bond acceptors (Lipinski definition) is 3. The lowest BCUT2D eigenvalue weighted by molar-refractivity contribution is -0.119. The van der Waals surface area contributed by atoms with Crippen LogP contribution in [0.25, 0.3) is 0 Å². The number of carbonyl (C=O) groups excluding carboxylic acids is 1. The first-order chi connectivity index (χ1) is 8.62. The predicted octanol–water partition coefficient (Wildman–Crippen LogP) is 1.84. The van der Waals surface area contributed by atoms with Gasteiger partial charge in [-0.2, -0.15) is 0 Å². The SMILES string of the molecule is CC(C)(C)[C@@H](N)C(=O)Nc1cc(F)ccc1C(=O)O. The smallest absolute Gasteiger partial charge is 0.337 e. The maximum Gasteiger partial charge on any atom is 0.337 e.